The molecular weight excluding hydrogens is 417 g/mol. The number of amides is 1. The summed E-state index contributed by atoms with van der Waals surface area (Å²) in [4.78, 5) is 25.2. The number of aliphatic hydroxyl groups excluding tert-OH is 1. The molecule has 8 heteroatoms. The number of carbonyl (C=O) groups excluding carboxylic acids is 2. The van der Waals surface area contributed by atoms with E-state index in [1.807, 2.05) is 57.8 Å². The largest absolute Gasteiger partial charge is 2.00 e. The maximum atomic E-state index is 12.0. The first-order chi connectivity index (χ1) is 12.0. The number of hydrogen-bond donors (Lipinski definition) is 1. The van der Waals surface area contributed by atoms with Gasteiger partial charge in [-0.05, 0) is 77.0 Å². The van der Waals surface area contributed by atoms with E-state index in [4.69, 9.17) is 0 Å². The van der Waals surface area contributed by atoms with Gasteiger partial charge in [-0.1, -0.05) is 0 Å². The van der Waals surface area contributed by atoms with Crippen LogP contribution in [0.3, 0.4) is 0 Å². The number of β-lactam (4-membered cyclic amide) rings is 1. The van der Waals surface area contributed by atoms with Gasteiger partial charge in [-0.2, -0.15) is 0 Å². The fourth-order valence-corrected chi connectivity index (χ4v) is 4.65. The molecule has 2 saturated carbocycles. The molecule has 5 nitrogen and oxygen atoms in total. The third-order valence-electron chi connectivity index (χ3n) is 4.22. The molecule has 27 heavy (non-hydrogen) atoms. The van der Waals surface area contributed by atoms with Crippen molar-refractivity contribution in [1.82, 2.24) is 4.90 Å². The van der Waals surface area contributed by atoms with Crippen LogP contribution in [0, 0.1) is 69.6 Å². The maximum Gasteiger partial charge on any atom is 2.00 e. The molecule has 4 aliphatic rings. The zero-order chi connectivity index (χ0) is 18.0. The van der Waals surface area contributed by atoms with Gasteiger partial charge in [0, 0.05) is 4.91 Å². The molecule has 0 unspecified atom stereocenters. The van der Waals surface area contributed by atoms with E-state index >= 15 is 0 Å². The summed E-state index contributed by atoms with van der Waals surface area (Å²) in [6.45, 7) is 1.55. The van der Waals surface area contributed by atoms with Gasteiger partial charge in [-0.3, -0.25) is 9.69 Å². The number of carbonyl (C=O) groups is 2. The van der Waals surface area contributed by atoms with Crippen molar-refractivity contribution in [3.8, 4) is 0 Å². The summed E-state index contributed by atoms with van der Waals surface area (Å²) in [7, 11) is 0. The molecule has 0 aromatic heterocycles. The third-order valence-corrected chi connectivity index (χ3v) is 5.59. The predicted molar refractivity (Wildman–Crippen MR) is 92.0 cm³/mol. The molecule has 3 atom stereocenters. The molecule has 0 bridgehead atoms. The van der Waals surface area contributed by atoms with E-state index < -0.39 is 18.0 Å². The van der Waals surface area contributed by atoms with Crippen molar-refractivity contribution in [3.05, 3.63) is 74.3 Å². The maximum absolute atomic E-state index is 12.0. The Bertz CT molecular complexity index is 554. The van der Waals surface area contributed by atoms with E-state index in [0.29, 0.717) is 11.3 Å². The minimum atomic E-state index is -1.33. The first kappa shape index (κ1) is 25.5. The third kappa shape index (κ3) is 5.78. The normalized spacial score (nSPS) is 27.8. The van der Waals surface area contributed by atoms with Gasteiger partial charge in [0.15, 0.2) is 0 Å². The fraction of sp³-hybridized carbons (Fsp3) is 0.263. The van der Waals surface area contributed by atoms with Crippen molar-refractivity contribution in [1.29, 1.82) is 0 Å². The van der Waals surface area contributed by atoms with Gasteiger partial charge in [-0.15, -0.1) is 11.8 Å². The van der Waals surface area contributed by atoms with E-state index in [1.165, 1.54) is 16.7 Å². The quantitative estimate of drug-likeness (QED) is 0.396. The van der Waals surface area contributed by atoms with Crippen molar-refractivity contribution in [2.75, 3.05) is 0 Å². The smallest absolute Gasteiger partial charge is 0.543 e. The van der Waals surface area contributed by atoms with Gasteiger partial charge < -0.3 is 15.0 Å². The number of allylic oxidation sites excluding steroid dienone is 1. The molecule has 1 N–H and O–H groups in total. The zero-order valence-electron chi connectivity index (χ0n) is 15.0. The van der Waals surface area contributed by atoms with Gasteiger partial charge in [-0.25, -0.2) is 0 Å². The number of rotatable bonds is 4. The van der Waals surface area contributed by atoms with Gasteiger partial charge in [0.2, 0.25) is 5.91 Å². The van der Waals surface area contributed by atoms with Gasteiger partial charge in [0.25, 0.3) is 0 Å². The molecular formula is C19H18FeNNaO4S+2. The van der Waals surface area contributed by atoms with Crippen LogP contribution in [0.15, 0.2) is 10.6 Å². The van der Waals surface area contributed by atoms with Crippen molar-refractivity contribution in [3.63, 3.8) is 0 Å². The Labute approximate surface area is 198 Å². The molecule has 0 spiro atoms. The zero-order valence-corrected chi connectivity index (χ0v) is 18.9. The van der Waals surface area contributed by atoms with Crippen LogP contribution in [-0.4, -0.2) is 33.4 Å². The summed E-state index contributed by atoms with van der Waals surface area (Å²) in [5.41, 5.74) is -0.0388. The molecule has 2 heterocycles. The average Bonchev–Trinajstić information content (AvgIpc) is 3.28. The Kier molecular flexibility index (Phi) is 11.0. The summed E-state index contributed by atoms with van der Waals surface area (Å²) in [6, 6.07) is 0. The van der Waals surface area contributed by atoms with E-state index in [1.54, 1.807) is 6.92 Å². The Balaban J connectivity index is 0.000000455. The number of aliphatic hydroxyl groups is 1. The summed E-state index contributed by atoms with van der Waals surface area (Å²) >= 11 is 1.34. The van der Waals surface area contributed by atoms with Crippen LogP contribution in [-0.2, 0) is 26.7 Å². The van der Waals surface area contributed by atoms with Crippen LogP contribution in [0.5, 0.6) is 0 Å². The number of carboxylic acid groups (broad SMARTS) is 1. The number of thioether (sulfide) groups is 1. The van der Waals surface area contributed by atoms with Gasteiger partial charge >= 0.3 is 46.6 Å². The van der Waals surface area contributed by atoms with E-state index in [2.05, 4.69) is 0 Å². The van der Waals surface area contributed by atoms with E-state index in [0.717, 1.165) is 5.92 Å². The molecule has 4 rings (SSSR count). The molecule has 0 aromatic carbocycles. The van der Waals surface area contributed by atoms with Crippen LogP contribution in [0.2, 0.25) is 0 Å². The van der Waals surface area contributed by atoms with Crippen LogP contribution >= 0.6 is 11.8 Å². The molecule has 2 aliphatic heterocycles. The summed E-state index contributed by atoms with van der Waals surface area (Å²) in [6.07, 6.45) is 17.3. The van der Waals surface area contributed by atoms with Crippen molar-refractivity contribution in [2.24, 2.45) is 5.92 Å². The molecule has 136 valence electrons. The average molecular weight is 435 g/mol. The number of aliphatic carboxylic acids is 1. The number of carboxylic acids is 1. The molecule has 3 fully saturated rings. The van der Waals surface area contributed by atoms with Crippen molar-refractivity contribution in [2.45, 2.75) is 24.8 Å². The molecule has 2 aliphatic carbocycles. The monoisotopic (exact) mass is 435 g/mol. The second-order valence-corrected chi connectivity index (χ2v) is 7.19. The number of hydrogen-bond acceptors (Lipinski definition) is 5. The minimum Gasteiger partial charge on any atom is -0.543 e. The van der Waals surface area contributed by atoms with Crippen LogP contribution < -0.4 is 34.7 Å². The predicted octanol–water partition coefficient (Wildman–Crippen LogP) is -2.32. The van der Waals surface area contributed by atoms with Gasteiger partial charge in [0.05, 0.1) is 23.7 Å². The molecule has 10 radical (unpaired) electrons. The Morgan fingerprint density at radius 1 is 1.19 bits per heavy atom. The first-order valence-electron chi connectivity index (χ1n) is 8.00. The Morgan fingerprint density at radius 3 is 2.15 bits per heavy atom. The van der Waals surface area contributed by atoms with Crippen molar-refractivity contribution >= 4 is 23.6 Å². The van der Waals surface area contributed by atoms with E-state index in [9.17, 15) is 19.8 Å². The van der Waals surface area contributed by atoms with Crippen LogP contribution in [0.4, 0.5) is 0 Å². The van der Waals surface area contributed by atoms with Crippen LogP contribution in [0.1, 0.15) is 13.3 Å². The SMILES string of the molecule is C[C@@H](O)[C@H]1C(=O)N2C(C(=O)[O-])=C(C[C]3[CH][CH][CH][CH]3)S[C@H]12.[CH]1[CH][CH][CH][CH]1.[Fe+2].[Na+]. The molecule has 1 amide bonds. The topological polar surface area (TPSA) is 80.7 Å². The summed E-state index contributed by atoms with van der Waals surface area (Å²) in [5, 5.41) is 20.6. The Hall–Kier alpha value is 0.509. The standard InChI is InChI=1S/C14H14NO4S.C5H5.Fe.Na/c1-7(16)10-12(17)15-11(14(18)19)9(20-13(10)15)6-8-4-2-3-5-8;1-2-4-5-3-1;;/h2-5,7,10,13,16H,6H2,1H3,(H,18,19);1-5H;;/q;;+2;+1/p-1/t7-,10+,13-;;;/m1.../s1. The minimum absolute atomic E-state index is 0. The number of nitrogens with zero attached hydrogens (tertiary/aromatic N) is 1. The second-order valence-electron chi connectivity index (χ2n) is 5.97. The Morgan fingerprint density at radius 2 is 1.70 bits per heavy atom. The van der Waals surface area contributed by atoms with Gasteiger partial charge in [0.1, 0.15) is 5.37 Å². The number of fused-ring (bicyclic) bond motifs is 1. The fourth-order valence-electron chi connectivity index (χ4n) is 3.01. The van der Waals surface area contributed by atoms with E-state index in [-0.39, 0.29) is 63.6 Å². The first-order valence-corrected chi connectivity index (χ1v) is 8.88. The summed E-state index contributed by atoms with van der Waals surface area (Å²) < 4.78 is 0. The van der Waals surface area contributed by atoms with Crippen LogP contribution in [0.25, 0.3) is 0 Å². The molecule has 0 aromatic rings. The summed E-state index contributed by atoms with van der Waals surface area (Å²) in [5.74, 6) is -1.21. The second kappa shape index (κ2) is 11.6. The molecule has 1 saturated heterocycles. The van der Waals surface area contributed by atoms with Crippen molar-refractivity contribution < 1.29 is 66.4 Å².